The topological polar surface area (TPSA) is 108 Å². The van der Waals surface area contributed by atoms with Crippen LogP contribution in [0.25, 0.3) is 0 Å². The van der Waals surface area contributed by atoms with E-state index in [1.165, 1.54) is 11.9 Å². The first-order chi connectivity index (χ1) is 10.0. The zero-order chi connectivity index (χ0) is 15.9. The molecule has 1 fully saturated rings. The van der Waals surface area contributed by atoms with Crippen LogP contribution >= 0.6 is 0 Å². The van der Waals surface area contributed by atoms with Crippen molar-refractivity contribution in [2.24, 2.45) is 16.3 Å². The highest BCUT2D eigenvalue weighted by molar-refractivity contribution is 6.07. The molecule has 1 saturated carbocycles. The summed E-state index contributed by atoms with van der Waals surface area (Å²) in [6.45, 7) is 2.22. The number of likely N-dealkylation sites (N-methyl/N-ethyl adjacent to an activating group) is 2. The number of nitrogens with two attached hydrogens (primary N) is 1. The molecule has 0 aromatic carbocycles. The van der Waals surface area contributed by atoms with E-state index in [4.69, 9.17) is 10.9 Å². The van der Waals surface area contributed by atoms with Gasteiger partial charge in [-0.1, -0.05) is 30.8 Å². The molecule has 0 unspecified atom stereocenters. The zero-order valence-electron chi connectivity index (χ0n) is 12.9. The smallest absolute Gasteiger partial charge is 0.239 e. The van der Waals surface area contributed by atoms with Crippen LogP contribution < -0.4 is 11.1 Å². The summed E-state index contributed by atoms with van der Waals surface area (Å²) in [6, 6.07) is 0. The second-order valence-corrected chi connectivity index (χ2v) is 5.47. The van der Waals surface area contributed by atoms with E-state index in [2.05, 4.69) is 10.5 Å². The maximum Gasteiger partial charge on any atom is 0.239 e. The molecule has 7 heteroatoms. The zero-order valence-corrected chi connectivity index (χ0v) is 12.9. The van der Waals surface area contributed by atoms with Crippen LogP contribution in [0.4, 0.5) is 0 Å². The average Bonchev–Trinajstić information content (AvgIpc) is 2.77. The Hall–Kier alpha value is -1.79. The van der Waals surface area contributed by atoms with Gasteiger partial charge in [0.2, 0.25) is 11.8 Å². The summed E-state index contributed by atoms with van der Waals surface area (Å²) in [5.74, 6) is -0.482. The predicted octanol–water partition coefficient (Wildman–Crippen LogP) is 0.668. The highest BCUT2D eigenvalue weighted by Gasteiger charge is 2.45. The molecular formula is C14H26N4O3. The molecule has 7 nitrogen and oxygen atoms in total. The van der Waals surface area contributed by atoms with Gasteiger partial charge in [0.25, 0.3) is 0 Å². The molecule has 0 heterocycles. The second-order valence-electron chi connectivity index (χ2n) is 5.47. The Bertz CT molecular complexity index is 401. The van der Waals surface area contributed by atoms with Crippen LogP contribution in [0.2, 0.25) is 0 Å². The average molecular weight is 298 g/mol. The van der Waals surface area contributed by atoms with Gasteiger partial charge in [-0.25, -0.2) is 0 Å². The number of rotatable bonds is 5. The number of hydrogen-bond acceptors (Lipinski definition) is 4. The second kappa shape index (κ2) is 7.85. The third-order valence-electron chi connectivity index (χ3n) is 4.25. The van der Waals surface area contributed by atoms with Crippen molar-refractivity contribution in [2.45, 2.75) is 45.4 Å². The third kappa shape index (κ3) is 3.86. The maximum atomic E-state index is 12.9. The van der Waals surface area contributed by atoms with E-state index in [1.54, 1.807) is 0 Å². The van der Waals surface area contributed by atoms with Crippen molar-refractivity contribution >= 4 is 17.6 Å². The van der Waals surface area contributed by atoms with Crippen LogP contribution in [0.15, 0.2) is 5.16 Å². The van der Waals surface area contributed by atoms with E-state index in [1.807, 2.05) is 6.92 Å². The van der Waals surface area contributed by atoms with Crippen LogP contribution in [0.1, 0.15) is 45.4 Å². The lowest BCUT2D eigenvalue weighted by Crippen LogP contribution is -2.53. The number of nitrogens with one attached hydrogen (secondary N) is 1. The monoisotopic (exact) mass is 298 g/mol. The van der Waals surface area contributed by atoms with Gasteiger partial charge in [-0.2, -0.15) is 0 Å². The Kier molecular flexibility index (Phi) is 6.45. The number of oxime groups is 1. The van der Waals surface area contributed by atoms with Gasteiger partial charge in [-0.15, -0.1) is 0 Å². The summed E-state index contributed by atoms with van der Waals surface area (Å²) in [5, 5.41) is 14.7. The van der Waals surface area contributed by atoms with E-state index in [9.17, 15) is 9.59 Å². The minimum Gasteiger partial charge on any atom is -0.409 e. The summed E-state index contributed by atoms with van der Waals surface area (Å²) in [6.07, 6.45) is 4.92. The summed E-state index contributed by atoms with van der Waals surface area (Å²) in [7, 11) is 1.53. The number of carbonyl (C=O) groups is 2. The number of nitrogens with zero attached hydrogens (tertiary/aromatic N) is 2. The molecule has 1 rings (SSSR count). The highest BCUT2D eigenvalue weighted by Crippen LogP contribution is 2.37. The van der Waals surface area contributed by atoms with Crippen LogP contribution in [0.3, 0.4) is 0 Å². The Balaban J connectivity index is 3.06. The van der Waals surface area contributed by atoms with Crippen LogP contribution in [-0.2, 0) is 9.59 Å². The predicted molar refractivity (Wildman–Crippen MR) is 79.9 cm³/mol. The summed E-state index contributed by atoms with van der Waals surface area (Å²) >= 11 is 0. The first kappa shape index (κ1) is 17.3. The number of hydrogen-bond donors (Lipinski definition) is 3. The molecule has 0 aromatic rings. The fourth-order valence-corrected chi connectivity index (χ4v) is 2.89. The van der Waals surface area contributed by atoms with E-state index >= 15 is 0 Å². The van der Waals surface area contributed by atoms with Crippen molar-refractivity contribution in [1.29, 1.82) is 0 Å². The Morgan fingerprint density at radius 3 is 2.29 bits per heavy atom. The van der Waals surface area contributed by atoms with Gasteiger partial charge in [0.05, 0.1) is 6.54 Å². The normalized spacial score (nSPS) is 18.7. The lowest BCUT2D eigenvalue weighted by molar-refractivity contribution is -0.142. The third-order valence-corrected chi connectivity index (χ3v) is 4.25. The lowest BCUT2D eigenvalue weighted by atomic mass is 9.77. The quantitative estimate of drug-likeness (QED) is 0.228. The van der Waals surface area contributed by atoms with Crippen molar-refractivity contribution in [2.75, 3.05) is 20.1 Å². The Morgan fingerprint density at radius 2 is 1.86 bits per heavy atom. The first-order valence-corrected chi connectivity index (χ1v) is 7.49. The number of amides is 2. The van der Waals surface area contributed by atoms with Crippen molar-refractivity contribution in [3.8, 4) is 0 Å². The van der Waals surface area contributed by atoms with E-state index in [-0.39, 0.29) is 24.2 Å². The minimum absolute atomic E-state index is 0.00765. The molecule has 21 heavy (non-hydrogen) atoms. The molecule has 1 aliphatic carbocycles. The molecule has 0 radical (unpaired) electrons. The highest BCUT2D eigenvalue weighted by atomic mass is 16.4. The largest absolute Gasteiger partial charge is 0.409 e. The van der Waals surface area contributed by atoms with Gasteiger partial charge in [-0.05, 0) is 19.8 Å². The van der Waals surface area contributed by atoms with Crippen LogP contribution in [0, 0.1) is 5.41 Å². The lowest BCUT2D eigenvalue weighted by Gasteiger charge is -2.35. The molecule has 0 aliphatic heterocycles. The fraction of sp³-hybridized carbons (Fsp3) is 0.786. The molecule has 0 bridgehead atoms. The van der Waals surface area contributed by atoms with Gasteiger partial charge in [0.1, 0.15) is 5.41 Å². The SMILES string of the molecule is CCN(CC(=O)NC)C(=O)C1(C(N)=NO)CCCCCC1. The molecule has 1 aliphatic rings. The van der Waals surface area contributed by atoms with Crippen molar-refractivity contribution in [3.63, 3.8) is 0 Å². The maximum absolute atomic E-state index is 12.9. The van der Waals surface area contributed by atoms with E-state index in [0.717, 1.165) is 25.7 Å². The fourth-order valence-electron chi connectivity index (χ4n) is 2.89. The van der Waals surface area contributed by atoms with Crippen molar-refractivity contribution in [3.05, 3.63) is 0 Å². The summed E-state index contributed by atoms with van der Waals surface area (Å²) < 4.78 is 0. The number of amidine groups is 1. The Labute approximate surface area is 125 Å². The van der Waals surface area contributed by atoms with Crippen LogP contribution in [0.5, 0.6) is 0 Å². The van der Waals surface area contributed by atoms with Crippen molar-refractivity contribution < 1.29 is 14.8 Å². The van der Waals surface area contributed by atoms with Gasteiger partial charge >= 0.3 is 0 Å². The molecular weight excluding hydrogens is 272 g/mol. The summed E-state index contributed by atoms with van der Waals surface area (Å²) in [4.78, 5) is 26.0. The van der Waals surface area contributed by atoms with Crippen molar-refractivity contribution in [1.82, 2.24) is 10.2 Å². The van der Waals surface area contributed by atoms with Gasteiger partial charge in [0, 0.05) is 13.6 Å². The number of carbonyl (C=O) groups excluding carboxylic acids is 2. The van der Waals surface area contributed by atoms with Gasteiger partial charge < -0.3 is 21.2 Å². The van der Waals surface area contributed by atoms with E-state index in [0.29, 0.717) is 19.4 Å². The molecule has 4 N–H and O–H groups in total. The summed E-state index contributed by atoms with van der Waals surface area (Å²) in [5.41, 5.74) is 4.88. The standard InChI is InChI=1S/C14H26N4O3/c1-3-18(10-11(19)16-2)13(20)14(12(15)17-21)8-6-4-5-7-9-14/h21H,3-10H2,1-2H3,(H2,15,17)(H,16,19). The van der Waals surface area contributed by atoms with Gasteiger partial charge in [0.15, 0.2) is 5.84 Å². The molecule has 0 atom stereocenters. The van der Waals surface area contributed by atoms with Crippen LogP contribution in [-0.4, -0.2) is 47.9 Å². The molecule has 2 amide bonds. The first-order valence-electron chi connectivity index (χ1n) is 7.49. The Morgan fingerprint density at radius 1 is 1.29 bits per heavy atom. The minimum atomic E-state index is -0.977. The molecule has 120 valence electrons. The molecule has 0 aromatic heterocycles. The molecule has 0 saturated heterocycles. The van der Waals surface area contributed by atoms with Gasteiger partial charge in [-0.3, -0.25) is 9.59 Å². The molecule has 0 spiro atoms. The van der Waals surface area contributed by atoms with E-state index < -0.39 is 5.41 Å².